The highest BCUT2D eigenvalue weighted by Crippen LogP contribution is 2.41. The second kappa shape index (κ2) is 3.93. The topological polar surface area (TPSA) is 26.0 Å². The maximum atomic E-state index is 5.90. The summed E-state index contributed by atoms with van der Waals surface area (Å²) in [5.41, 5.74) is 7.39. The molecule has 13 heavy (non-hydrogen) atoms. The molecule has 1 aromatic heterocycles. The van der Waals surface area contributed by atoms with E-state index in [9.17, 15) is 0 Å². The molecule has 1 aromatic rings. The number of thioether (sulfide) groups is 1. The van der Waals surface area contributed by atoms with Gasteiger partial charge in [0.1, 0.15) is 0 Å². The number of fused-ring (bicyclic) bond motifs is 1. The Morgan fingerprint density at radius 2 is 2.31 bits per heavy atom. The summed E-state index contributed by atoms with van der Waals surface area (Å²) in [6, 6.07) is 0.162. The molecule has 2 heterocycles. The van der Waals surface area contributed by atoms with Crippen molar-refractivity contribution in [3.63, 3.8) is 0 Å². The van der Waals surface area contributed by atoms with E-state index in [0.717, 1.165) is 5.75 Å². The van der Waals surface area contributed by atoms with Crippen LogP contribution in [0.5, 0.6) is 0 Å². The smallest absolute Gasteiger partial charge is 0.0373 e. The van der Waals surface area contributed by atoms with Crippen LogP contribution in [0.15, 0.2) is 4.47 Å². The Labute approximate surface area is 95.2 Å². The molecule has 72 valence electrons. The lowest BCUT2D eigenvalue weighted by molar-refractivity contribution is 0.833. The van der Waals surface area contributed by atoms with E-state index in [2.05, 4.69) is 22.9 Å². The van der Waals surface area contributed by atoms with E-state index in [-0.39, 0.29) is 6.04 Å². The lowest BCUT2D eigenvalue weighted by Crippen LogP contribution is -2.03. The zero-order valence-electron chi connectivity index (χ0n) is 7.47. The Kier molecular flexibility index (Phi) is 3.03. The highest BCUT2D eigenvalue weighted by molar-refractivity contribution is 9.10. The SMILES string of the molecule is CC(N)c1sc2c(c1Br)CSCC2. The second-order valence-corrected chi connectivity index (χ2v) is 6.31. The number of hydrogen-bond donors (Lipinski definition) is 1. The largest absolute Gasteiger partial charge is 0.323 e. The maximum absolute atomic E-state index is 5.90. The summed E-state index contributed by atoms with van der Waals surface area (Å²) in [7, 11) is 0. The molecule has 0 spiro atoms. The molecule has 0 saturated carbocycles. The molecule has 0 aromatic carbocycles. The van der Waals surface area contributed by atoms with Gasteiger partial charge in [-0.05, 0) is 40.6 Å². The molecule has 2 rings (SSSR count). The zero-order chi connectivity index (χ0) is 9.42. The van der Waals surface area contributed by atoms with Gasteiger partial charge in [-0.15, -0.1) is 11.3 Å². The number of halogens is 1. The highest BCUT2D eigenvalue weighted by Gasteiger charge is 2.20. The first-order chi connectivity index (χ1) is 6.20. The summed E-state index contributed by atoms with van der Waals surface area (Å²) in [4.78, 5) is 2.85. The third kappa shape index (κ3) is 1.82. The van der Waals surface area contributed by atoms with Crippen molar-refractivity contribution in [2.24, 2.45) is 5.73 Å². The minimum Gasteiger partial charge on any atom is -0.323 e. The summed E-state index contributed by atoms with van der Waals surface area (Å²) in [5.74, 6) is 2.41. The zero-order valence-corrected chi connectivity index (χ0v) is 10.7. The quantitative estimate of drug-likeness (QED) is 0.852. The van der Waals surface area contributed by atoms with Crippen molar-refractivity contribution in [2.75, 3.05) is 5.75 Å². The van der Waals surface area contributed by atoms with Crippen LogP contribution in [-0.2, 0) is 12.2 Å². The molecule has 1 nitrogen and oxygen atoms in total. The normalized spacial score (nSPS) is 18.4. The first-order valence-electron chi connectivity index (χ1n) is 4.33. The van der Waals surface area contributed by atoms with Gasteiger partial charge in [-0.25, -0.2) is 0 Å². The second-order valence-electron chi connectivity index (χ2n) is 3.27. The van der Waals surface area contributed by atoms with Gasteiger partial charge in [-0.2, -0.15) is 11.8 Å². The summed E-state index contributed by atoms with van der Waals surface area (Å²) in [5, 5.41) is 0. The first-order valence-corrected chi connectivity index (χ1v) is 7.10. The molecule has 0 aliphatic carbocycles. The van der Waals surface area contributed by atoms with E-state index in [4.69, 9.17) is 5.73 Å². The Balaban J connectivity index is 2.44. The third-order valence-electron chi connectivity index (χ3n) is 2.18. The van der Waals surface area contributed by atoms with Gasteiger partial charge < -0.3 is 5.73 Å². The van der Waals surface area contributed by atoms with Gasteiger partial charge in [-0.1, -0.05) is 0 Å². The molecule has 0 fully saturated rings. The van der Waals surface area contributed by atoms with Crippen molar-refractivity contribution in [2.45, 2.75) is 25.1 Å². The Morgan fingerprint density at radius 1 is 1.54 bits per heavy atom. The summed E-state index contributed by atoms with van der Waals surface area (Å²) in [6.45, 7) is 2.05. The molecule has 0 radical (unpaired) electrons. The number of nitrogens with two attached hydrogens (primary N) is 1. The lowest BCUT2D eigenvalue weighted by Gasteiger charge is -2.09. The highest BCUT2D eigenvalue weighted by atomic mass is 79.9. The molecule has 0 saturated heterocycles. The van der Waals surface area contributed by atoms with Gasteiger partial charge in [0.25, 0.3) is 0 Å². The summed E-state index contributed by atoms with van der Waals surface area (Å²) < 4.78 is 1.27. The Bertz CT molecular complexity index is 320. The fraction of sp³-hybridized carbons (Fsp3) is 0.556. The molecule has 1 atom stereocenters. The van der Waals surface area contributed by atoms with Crippen molar-refractivity contribution in [1.82, 2.24) is 0 Å². The van der Waals surface area contributed by atoms with Crippen molar-refractivity contribution in [3.8, 4) is 0 Å². The van der Waals surface area contributed by atoms with Crippen LogP contribution in [0.25, 0.3) is 0 Å². The maximum Gasteiger partial charge on any atom is 0.0373 e. The van der Waals surface area contributed by atoms with Crippen LogP contribution in [0, 0.1) is 0 Å². The molecule has 0 amide bonds. The van der Waals surface area contributed by atoms with Gasteiger partial charge in [-0.3, -0.25) is 0 Å². The first kappa shape index (κ1) is 10.0. The van der Waals surface area contributed by atoms with E-state index in [1.54, 1.807) is 0 Å². The van der Waals surface area contributed by atoms with E-state index < -0.39 is 0 Å². The van der Waals surface area contributed by atoms with Crippen LogP contribution < -0.4 is 5.73 Å². The number of thiophene rings is 1. The molecule has 1 aliphatic heterocycles. The molecule has 1 aliphatic rings. The van der Waals surface area contributed by atoms with E-state index in [0.29, 0.717) is 0 Å². The van der Waals surface area contributed by atoms with E-state index in [1.807, 2.05) is 23.1 Å². The van der Waals surface area contributed by atoms with Gasteiger partial charge in [0.2, 0.25) is 0 Å². The summed E-state index contributed by atoms with van der Waals surface area (Å²) >= 11 is 7.55. The van der Waals surface area contributed by atoms with Crippen LogP contribution >= 0.6 is 39.0 Å². The van der Waals surface area contributed by atoms with E-state index >= 15 is 0 Å². The van der Waals surface area contributed by atoms with E-state index in [1.165, 1.54) is 32.0 Å². The fourth-order valence-electron chi connectivity index (χ4n) is 1.49. The molecule has 0 bridgehead atoms. The lowest BCUT2D eigenvalue weighted by atomic mass is 10.2. The molecule has 4 heteroatoms. The van der Waals surface area contributed by atoms with Gasteiger partial charge >= 0.3 is 0 Å². The number of aryl methyl sites for hydroxylation is 1. The van der Waals surface area contributed by atoms with Crippen molar-refractivity contribution in [1.29, 1.82) is 0 Å². The third-order valence-corrected chi connectivity index (χ3v) is 5.83. The van der Waals surface area contributed by atoms with Gasteiger partial charge in [0.15, 0.2) is 0 Å². The molecule has 2 N–H and O–H groups in total. The fourth-order valence-corrected chi connectivity index (χ4v) is 5.19. The molecule has 1 unspecified atom stereocenters. The Hall–Kier alpha value is 0.490. The van der Waals surface area contributed by atoms with Crippen LogP contribution in [0.2, 0.25) is 0 Å². The van der Waals surface area contributed by atoms with Crippen LogP contribution in [-0.4, -0.2) is 5.75 Å². The molecular weight excluding hydrogens is 266 g/mol. The van der Waals surface area contributed by atoms with Crippen LogP contribution in [0.3, 0.4) is 0 Å². The van der Waals surface area contributed by atoms with Gasteiger partial charge in [0, 0.05) is 26.0 Å². The number of rotatable bonds is 1. The number of hydrogen-bond acceptors (Lipinski definition) is 3. The average Bonchev–Trinajstić information content (AvgIpc) is 2.45. The minimum atomic E-state index is 0.162. The van der Waals surface area contributed by atoms with Crippen molar-refractivity contribution >= 4 is 39.0 Å². The standard InChI is InChI=1S/C9H12BrNS2/c1-5(11)9-8(10)6-4-12-3-2-7(6)13-9/h5H,2-4,11H2,1H3. The predicted octanol–water partition coefficient (Wildman–Crippen LogP) is 3.32. The monoisotopic (exact) mass is 277 g/mol. The summed E-state index contributed by atoms with van der Waals surface area (Å²) in [6.07, 6.45) is 1.22. The Morgan fingerprint density at radius 3 is 2.92 bits per heavy atom. The van der Waals surface area contributed by atoms with Crippen molar-refractivity contribution < 1.29 is 0 Å². The van der Waals surface area contributed by atoms with Crippen molar-refractivity contribution in [3.05, 3.63) is 19.8 Å². The van der Waals surface area contributed by atoms with Crippen LogP contribution in [0.1, 0.15) is 28.3 Å². The molecular formula is C9H12BrNS2. The van der Waals surface area contributed by atoms with Gasteiger partial charge in [0.05, 0.1) is 0 Å². The minimum absolute atomic E-state index is 0.162. The average molecular weight is 278 g/mol. The predicted molar refractivity (Wildman–Crippen MR) is 64.5 cm³/mol. The van der Waals surface area contributed by atoms with Crippen LogP contribution in [0.4, 0.5) is 0 Å².